The number of aromatic nitrogens is 1. The summed E-state index contributed by atoms with van der Waals surface area (Å²) >= 11 is 0. The van der Waals surface area contributed by atoms with Gasteiger partial charge in [-0.1, -0.05) is 390 Å². The van der Waals surface area contributed by atoms with Crippen LogP contribution in [0.5, 0.6) is 0 Å². The highest BCUT2D eigenvalue weighted by molar-refractivity contribution is 7.00. The molecule has 0 amide bonds. The zero-order chi connectivity index (χ0) is 90.9. The van der Waals surface area contributed by atoms with E-state index in [-0.39, 0.29) is 89.8 Å². The number of hydrogen-bond donors (Lipinski definition) is 0. The quantitative estimate of drug-likeness (QED) is 0.147. The Morgan fingerprint density at radius 3 is 0.992 bits per heavy atom. The molecule has 16 aromatic rings. The second-order valence-corrected chi connectivity index (χ2v) is 42.6. The molecule has 0 spiro atoms. The van der Waals surface area contributed by atoms with Crippen LogP contribution < -0.4 is 26.2 Å². The molecule has 0 unspecified atom stereocenters. The van der Waals surface area contributed by atoms with Crippen molar-refractivity contribution in [3.8, 4) is 55.6 Å². The first-order valence-electron chi connectivity index (χ1n) is 46.7. The number of fused-ring (bicyclic) bond motifs is 14. The molecule has 0 saturated carbocycles. The first-order valence-corrected chi connectivity index (χ1v) is 43.2. The molecule has 3 nitrogen and oxygen atoms in total. The van der Waals surface area contributed by atoms with Crippen molar-refractivity contribution in [3.63, 3.8) is 0 Å². The molecule has 4 heteroatoms. The molecule has 0 N–H and O–H groups in total. The van der Waals surface area contributed by atoms with E-state index >= 15 is 0 Å². The Morgan fingerprint density at radius 1 is 0.225 bits per heavy atom. The van der Waals surface area contributed by atoms with Crippen LogP contribution in [0.1, 0.15) is 220 Å². The molecule has 0 fully saturated rings. The third kappa shape index (κ3) is 13.8. The maximum Gasteiger partial charge on any atom is 0.252 e. The molecule has 0 saturated heterocycles. The van der Waals surface area contributed by atoms with Crippen LogP contribution in [0.25, 0.3) is 115 Å². The highest BCUT2D eigenvalue weighted by Crippen LogP contribution is 2.55. The van der Waals surface area contributed by atoms with Gasteiger partial charge in [-0.15, -0.1) is 0 Å². The molecule has 2 aliphatic rings. The van der Waals surface area contributed by atoms with Crippen LogP contribution in [0.15, 0.2) is 279 Å². The van der Waals surface area contributed by atoms with Crippen LogP contribution in [0, 0.1) is 0 Å². The van der Waals surface area contributed by atoms with E-state index in [2.05, 4.69) is 394 Å². The van der Waals surface area contributed by atoms with Crippen molar-refractivity contribution in [3.05, 3.63) is 323 Å². The average molecular weight is 1570 g/mol. The molecule has 120 heavy (non-hydrogen) atoms. The van der Waals surface area contributed by atoms with E-state index in [0.29, 0.717) is 21.8 Å². The Bertz CT molecular complexity index is 7260. The van der Waals surface area contributed by atoms with Gasteiger partial charge in [0.15, 0.2) is 0 Å². The second-order valence-electron chi connectivity index (χ2n) is 42.6. The van der Waals surface area contributed by atoms with Gasteiger partial charge in [-0.2, -0.15) is 0 Å². The van der Waals surface area contributed by atoms with Crippen molar-refractivity contribution >= 4 is 117 Å². The SMILES string of the molecule is [2H]c1c([2H])c([2H])c2c(c1[2H])c1c([2H])c([2H])c([2H])c3c4ccccc4c4ccccc4c4cc5c(cc4n2c31)N(c1ccc(C(C)(C)C)cc1-c1cc(C(C)(C)C)cc(C(C)(C)C)c1)c1cc(-c2cc(C(C)(C)C)cc(C(C)(C)C)c2)cc2c1B5c1cc(-c3ccccc3)c(-c3ccccc3)cc1N2c1ccc(C(C)(C)C)cc1-c1cc(C(C)(C)C)cc(C(C)(C)C)c1. The van der Waals surface area contributed by atoms with E-state index in [4.69, 9.17) is 0 Å². The molecule has 4 heterocycles. The van der Waals surface area contributed by atoms with Crippen molar-refractivity contribution < 1.29 is 9.60 Å². The predicted octanol–water partition coefficient (Wildman–Crippen LogP) is 31.1. The summed E-state index contributed by atoms with van der Waals surface area (Å²) in [5.74, 6) is 0. The van der Waals surface area contributed by atoms with Gasteiger partial charge in [-0.05, 0) is 225 Å². The minimum Gasteiger partial charge on any atom is -0.311 e. The normalized spacial score (nSPS) is 14.4. The van der Waals surface area contributed by atoms with E-state index in [0.717, 1.165) is 133 Å². The summed E-state index contributed by atoms with van der Waals surface area (Å²) in [7, 11) is 0. The molecule has 2 aromatic heterocycles. The summed E-state index contributed by atoms with van der Waals surface area (Å²) in [5, 5.41) is 4.58. The molecule has 18 rings (SSSR count). The van der Waals surface area contributed by atoms with E-state index in [1.807, 2.05) is 22.6 Å². The fraction of sp³-hybridized carbons (Fsp3) is 0.276. The first kappa shape index (κ1) is 71.5. The van der Waals surface area contributed by atoms with Crippen molar-refractivity contribution in [2.75, 3.05) is 9.80 Å². The van der Waals surface area contributed by atoms with Crippen LogP contribution in [0.3, 0.4) is 0 Å². The molecule has 0 bridgehead atoms. The van der Waals surface area contributed by atoms with Gasteiger partial charge < -0.3 is 14.2 Å². The van der Waals surface area contributed by atoms with Gasteiger partial charge >= 0.3 is 0 Å². The zero-order valence-corrected chi connectivity index (χ0v) is 74.9. The first-order chi connectivity index (χ1) is 59.5. The molecule has 0 aliphatic carbocycles. The van der Waals surface area contributed by atoms with Crippen LogP contribution in [0.2, 0.25) is 0 Å². The predicted molar refractivity (Wildman–Crippen MR) is 525 cm³/mol. The zero-order valence-electron chi connectivity index (χ0n) is 81.9. The molecule has 0 atom stereocenters. The number of para-hydroxylation sites is 2. The lowest BCUT2D eigenvalue weighted by Crippen LogP contribution is -2.61. The number of nitrogens with zero attached hydrogens (tertiary/aromatic N) is 3. The van der Waals surface area contributed by atoms with E-state index in [9.17, 15) is 9.60 Å². The minimum atomic E-state index is -0.577. The smallest absolute Gasteiger partial charge is 0.252 e. The van der Waals surface area contributed by atoms with Gasteiger partial charge in [-0.25, -0.2) is 0 Å². The second kappa shape index (κ2) is 28.1. The van der Waals surface area contributed by atoms with Crippen LogP contribution >= 0.6 is 0 Å². The molecular formula is C116H118BN3. The fourth-order valence-electron chi connectivity index (χ4n) is 18.6. The Hall–Kier alpha value is -11.5. The standard InChI is InChI=1S/C116H118BN3/c1-109(2,3)77-50-52-100(94(65-77)75-56-81(113(13,14)15)63-82(57-75)114(16,17)18)118-103-69-93(72-40-29-26-30-41-72)92(71-38-27-25-28-39-71)67-97(103)117-98-68-96-88-45-34-32-43-86(88)85-42-31-33-44-87(85)90-47-37-48-91-89-46-35-36-49-99(89)120(108(90)91)102(96)70-104(98)119(106-61-74(60-105(118)107(106)117)73-54-79(111(7,8)9)62-80(55-73)112(10,11)12)101-53-51-78(110(4,5)6)66-95(101)76-58-83(115(19,20)21)64-84(59-76)116(22,23)24/h25-70H,1-24H3/i35D,36D,37D,46D,47D,48D,49D. The average Bonchev–Trinajstić information content (AvgIpc) is 1.59. The largest absolute Gasteiger partial charge is 0.311 e. The lowest BCUT2D eigenvalue weighted by molar-refractivity contribution is 0.568. The fourth-order valence-corrected chi connectivity index (χ4v) is 18.6. The van der Waals surface area contributed by atoms with Crippen molar-refractivity contribution in [2.24, 2.45) is 0 Å². The van der Waals surface area contributed by atoms with Gasteiger partial charge in [-0.3, -0.25) is 0 Å². The lowest BCUT2D eigenvalue weighted by atomic mass is 9.33. The van der Waals surface area contributed by atoms with Crippen LogP contribution in [-0.2, 0) is 43.3 Å². The highest BCUT2D eigenvalue weighted by Gasteiger charge is 2.47. The summed E-state index contributed by atoms with van der Waals surface area (Å²) in [5.41, 5.74) is 28.3. The number of rotatable bonds is 7. The lowest BCUT2D eigenvalue weighted by Gasteiger charge is -2.46. The molecule has 0 radical (unpaired) electrons. The van der Waals surface area contributed by atoms with Crippen LogP contribution in [0.4, 0.5) is 34.1 Å². The summed E-state index contributed by atoms with van der Waals surface area (Å²) < 4.78 is 72.7. The molecule has 14 aromatic carbocycles. The maximum atomic E-state index is 10.5. The Kier molecular flexibility index (Phi) is 16.7. The number of anilines is 6. The summed E-state index contributed by atoms with van der Waals surface area (Å²) in [6.07, 6.45) is 0. The Balaban J connectivity index is 1.15. The Labute approximate surface area is 724 Å². The monoisotopic (exact) mass is 1570 g/mol. The van der Waals surface area contributed by atoms with Gasteiger partial charge in [0.1, 0.15) is 0 Å². The van der Waals surface area contributed by atoms with Gasteiger partial charge in [0, 0.05) is 55.4 Å². The van der Waals surface area contributed by atoms with E-state index in [1.54, 1.807) is 0 Å². The molecule has 600 valence electrons. The van der Waals surface area contributed by atoms with E-state index in [1.165, 1.54) is 38.9 Å². The molecular weight excluding hydrogens is 1450 g/mol. The highest BCUT2D eigenvalue weighted by atomic mass is 15.2. The van der Waals surface area contributed by atoms with Gasteiger partial charge in [0.25, 0.3) is 6.71 Å². The molecule has 2 aliphatic heterocycles. The van der Waals surface area contributed by atoms with Gasteiger partial charge in [0.05, 0.1) is 37.5 Å². The van der Waals surface area contributed by atoms with E-state index < -0.39 is 18.8 Å². The topological polar surface area (TPSA) is 10.9 Å². The summed E-state index contributed by atoms with van der Waals surface area (Å²) in [6, 6.07) is 87.3. The third-order valence-electron chi connectivity index (χ3n) is 25.8. The van der Waals surface area contributed by atoms with Crippen molar-refractivity contribution in [1.29, 1.82) is 0 Å². The van der Waals surface area contributed by atoms with Crippen molar-refractivity contribution in [1.82, 2.24) is 4.40 Å². The summed E-state index contributed by atoms with van der Waals surface area (Å²) in [4.78, 5) is 5.24. The number of benzene rings is 14. The van der Waals surface area contributed by atoms with Gasteiger partial charge in [0.2, 0.25) is 0 Å². The van der Waals surface area contributed by atoms with Crippen molar-refractivity contribution in [2.45, 2.75) is 209 Å². The minimum absolute atomic E-state index is 0.117. The number of hydrogen-bond acceptors (Lipinski definition) is 2. The third-order valence-corrected chi connectivity index (χ3v) is 25.8. The Morgan fingerprint density at radius 2 is 0.567 bits per heavy atom. The summed E-state index contributed by atoms with van der Waals surface area (Å²) in [6.45, 7) is 55.2. The maximum absolute atomic E-state index is 10.5. The van der Waals surface area contributed by atoms with Crippen LogP contribution in [-0.4, -0.2) is 11.1 Å².